The van der Waals surface area contributed by atoms with Crippen molar-refractivity contribution in [1.29, 1.82) is 0 Å². The Morgan fingerprint density at radius 1 is 1.61 bits per heavy atom. The van der Waals surface area contributed by atoms with E-state index < -0.39 is 0 Å². The highest BCUT2D eigenvalue weighted by atomic mass is 16.5. The Morgan fingerprint density at radius 2 is 2.39 bits per heavy atom. The zero-order valence-corrected chi connectivity index (χ0v) is 10.6. The summed E-state index contributed by atoms with van der Waals surface area (Å²) >= 11 is 0. The molecule has 7 nitrogen and oxygen atoms in total. The molecule has 1 aromatic heterocycles. The molecule has 1 saturated heterocycles. The number of aromatic nitrogens is 3. The Bertz CT molecular complexity index is 462. The van der Waals surface area contributed by atoms with E-state index in [1.165, 1.54) is 10.9 Å². The number of hydrogen-bond donors (Lipinski definition) is 1. The summed E-state index contributed by atoms with van der Waals surface area (Å²) in [5.41, 5.74) is -0.371. The maximum absolute atomic E-state index is 11.9. The fraction of sp³-hybridized carbons (Fsp3) is 0.727. The van der Waals surface area contributed by atoms with Crippen molar-refractivity contribution < 1.29 is 9.84 Å². The molecule has 0 spiro atoms. The normalized spacial score (nSPS) is 23.3. The SMILES string of the molecule is CCN(C)c1ncn([C@H]2CC[C@@H](CO)O2)c(=O)n1. The van der Waals surface area contributed by atoms with E-state index in [0.717, 1.165) is 13.0 Å². The van der Waals surface area contributed by atoms with Gasteiger partial charge in [-0.3, -0.25) is 4.57 Å². The second-order valence-electron chi connectivity index (χ2n) is 4.33. The number of aliphatic hydroxyl groups is 1. The van der Waals surface area contributed by atoms with Gasteiger partial charge in [-0.1, -0.05) is 0 Å². The third-order valence-corrected chi connectivity index (χ3v) is 3.13. The Kier molecular flexibility index (Phi) is 3.93. The molecule has 1 aliphatic heterocycles. The van der Waals surface area contributed by atoms with Crippen molar-refractivity contribution in [2.24, 2.45) is 0 Å². The quantitative estimate of drug-likeness (QED) is 0.799. The highest BCUT2D eigenvalue weighted by Gasteiger charge is 2.27. The predicted molar refractivity (Wildman–Crippen MR) is 65.5 cm³/mol. The predicted octanol–water partition coefficient (Wildman–Crippen LogP) is -0.236. The lowest BCUT2D eigenvalue weighted by Crippen LogP contribution is -2.31. The summed E-state index contributed by atoms with van der Waals surface area (Å²) in [6, 6.07) is 0. The molecule has 2 atom stereocenters. The van der Waals surface area contributed by atoms with Gasteiger partial charge in [0.2, 0.25) is 5.95 Å². The molecule has 1 aromatic rings. The molecule has 2 heterocycles. The first-order chi connectivity index (χ1) is 8.65. The molecule has 0 aromatic carbocycles. The Hall–Kier alpha value is -1.47. The number of hydrogen-bond acceptors (Lipinski definition) is 6. The van der Waals surface area contributed by atoms with Crippen LogP contribution >= 0.6 is 0 Å². The van der Waals surface area contributed by atoms with Gasteiger partial charge in [0.1, 0.15) is 12.6 Å². The highest BCUT2D eigenvalue weighted by molar-refractivity contribution is 5.24. The first-order valence-corrected chi connectivity index (χ1v) is 6.08. The maximum atomic E-state index is 11.9. The smallest absolute Gasteiger partial charge is 0.354 e. The van der Waals surface area contributed by atoms with Crippen molar-refractivity contribution >= 4 is 5.95 Å². The second kappa shape index (κ2) is 5.45. The van der Waals surface area contributed by atoms with Crippen molar-refractivity contribution in [2.75, 3.05) is 25.1 Å². The number of rotatable bonds is 4. The molecule has 2 rings (SSSR count). The van der Waals surface area contributed by atoms with Crippen LogP contribution in [0.5, 0.6) is 0 Å². The van der Waals surface area contributed by atoms with Gasteiger partial charge in [0.15, 0.2) is 0 Å². The summed E-state index contributed by atoms with van der Waals surface area (Å²) in [6.45, 7) is 2.67. The molecule has 1 fully saturated rings. The fourth-order valence-corrected chi connectivity index (χ4v) is 1.88. The van der Waals surface area contributed by atoms with Crippen LogP contribution in [0.2, 0.25) is 0 Å². The van der Waals surface area contributed by atoms with E-state index in [1.807, 2.05) is 14.0 Å². The molecule has 0 bridgehead atoms. The molecule has 0 saturated carbocycles. The van der Waals surface area contributed by atoms with Gasteiger partial charge in [0, 0.05) is 13.6 Å². The molecule has 18 heavy (non-hydrogen) atoms. The average molecular weight is 254 g/mol. The van der Waals surface area contributed by atoms with E-state index in [1.54, 1.807) is 4.90 Å². The molecule has 7 heteroatoms. The first kappa shape index (κ1) is 13.0. The third kappa shape index (κ3) is 2.51. The van der Waals surface area contributed by atoms with Crippen LogP contribution in [0.15, 0.2) is 11.1 Å². The minimum atomic E-state index is -0.371. The van der Waals surface area contributed by atoms with Crippen LogP contribution in [-0.2, 0) is 4.74 Å². The summed E-state index contributed by atoms with van der Waals surface area (Å²) in [6.07, 6.45) is 2.33. The molecular formula is C11H18N4O3. The lowest BCUT2D eigenvalue weighted by atomic mass is 10.2. The van der Waals surface area contributed by atoms with E-state index in [-0.39, 0.29) is 24.6 Å². The average Bonchev–Trinajstić information content (AvgIpc) is 2.86. The zero-order chi connectivity index (χ0) is 13.1. The fourth-order valence-electron chi connectivity index (χ4n) is 1.88. The minimum Gasteiger partial charge on any atom is -0.394 e. The first-order valence-electron chi connectivity index (χ1n) is 6.08. The summed E-state index contributed by atoms with van der Waals surface area (Å²) in [7, 11) is 1.83. The number of aliphatic hydroxyl groups excluding tert-OH is 1. The molecule has 1 N–H and O–H groups in total. The Morgan fingerprint density at radius 3 is 2.94 bits per heavy atom. The molecule has 0 radical (unpaired) electrons. The van der Waals surface area contributed by atoms with E-state index in [2.05, 4.69) is 9.97 Å². The van der Waals surface area contributed by atoms with Gasteiger partial charge >= 0.3 is 5.69 Å². The lowest BCUT2D eigenvalue weighted by Gasteiger charge is -2.17. The molecule has 1 aliphatic rings. The van der Waals surface area contributed by atoms with Crippen LogP contribution in [0, 0.1) is 0 Å². The van der Waals surface area contributed by atoms with Gasteiger partial charge < -0.3 is 14.7 Å². The largest absolute Gasteiger partial charge is 0.394 e. The van der Waals surface area contributed by atoms with Gasteiger partial charge in [0.05, 0.1) is 12.7 Å². The lowest BCUT2D eigenvalue weighted by molar-refractivity contribution is -0.0250. The standard InChI is InChI=1S/C11H18N4O3/c1-3-14(2)10-12-7-15(11(17)13-10)9-5-4-8(6-16)18-9/h7-9,16H,3-6H2,1-2H3/t8-,9+/m0/s1. The molecule has 100 valence electrons. The van der Waals surface area contributed by atoms with Crippen molar-refractivity contribution in [3.05, 3.63) is 16.8 Å². The molecule has 0 unspecified atom stereocenters. The number of nitrogens with zero attached hydrogens (tertiary/aromatic N) is 4. The monoisotopic (exact) mass is 254 g/mol. The summed E-state index contributed by atoms with van der Waals surface area (Å²) in [5, 5.41) is 9.00. The number of anilines is 1. The minimum absolute atomic E-state index is 0.0250. The van der Waals surface area contributed by atoms with Gasteiger partial charge in [0.25, 0.3) is 0 Å². The van der Waals surface area contributed by atoms with Crippen LogP contribution in [0.1, 0.15) is 26.0 Å². The maximum Gasteiger partial charge on any atom is 0.354 e. The zero-order valence-electron chi connectivity index (χ0n) is 10.6. The van der Waals surface area contributed by atoms with Crippen LogP contribution in [-0.4, -0.2) is 45.9 Å². The van der Waals surface area contributed by atoms with E-state index in [9.17, 15) is 4.79 Å². The van der Waals surface area contributed by atoms with Crippen molar-refractivity contribution in [3.8, 4) is 0 Å². The van der Waals surface area contributed by atoms with Gasteiger partial charge in [-0.2, -0.15) is 4.98 Å². The van der Waals surface area contributed by atoms with Crippen molar-refractivity contribution in [3.63, 3.8) is 0 Å². The van der Waals surface area contributed by atoms with E-state index in [4.69, 9.17) is 9.84 Å². The molecule has 0 aliphatic carbocycles. The summed E-state index contributed by atoms with van der Waals surface area (Å²) < 4.78 is 6.90. The van der Waals surface area contributed by atoms with Crippen LogP contribution in [0.25, 0.3) is 0 Å². The topological polar surface area (TPSA) is 80.5 Å². The second-order valence-corrected chi connectivity index (χ2v) is 4.33. The summed E-state index contributed by atoms with van der Waals surface area (Å²) in [5.74, 6) is 0.412. The Balaban J connectivity index is 2.18. The van der Waals surface area contributed by atoms with E-state index in [0.29, 0.717) is 12.4 Å². The van der Waals surface area contributed by atoms with Gasteiger partial charge in [-0.25, -0.2) is 9.78 Å². The molecule has 0 amide bonds. The van der Waals surface area contributed by atoms with Crippen molar-refractivity contribution in [2.45, 2.75) is 32.1 Å². The van der Waals surface area contributed by atoms with Crippen molar-refractivity contribution in [1.82, 2.24) is 14.5 Å². The van der Waals surface area contributed by atoms with Gasteiger partial charge in [-0.05, 0) is 19.8 Å². The number of ether oxygens (including phenoxy) is 1. The highest BCUT2D eigenvalue weighted by Crippen LogP contribution is 2.26. The summed E-state index contributed by atoms with van der Waals surface area (Å²) in [4.78, 5) is 21.7. The molecular weight excluding hydrogens is 236 g/mol. The van der Waals surface area contributed by atoms with Crippen LogP contribution in [0.4, 0.5) is 5.95 Å². The van der Waals surface area contributed by atoms with Crippen LogP contribution in [0.3, 0.4) is 0 Å². The third-order valence-electron chi connectivity index (χ3n) is 3.13. The van der Waals surface area contributed by atoms with Crippen LogP contribution < -0.4 is 10.6 Å². The van der Waals surface area contributed by atoms with Gasteiger partial charge in [-0.15, -0.1) is 0 Å². The van der Waals surface area contributed by atoms with E-state index >= 15 is 0 Å². The Labute approximate surface area is 105 Å².